The molecule has 1 N–H and O–H groups in total. The Labute approximate surface area is 168 Å². The number of ether oxygens (including phenoxy) is 1. The van der Waals surface area contributed by atoms with E-state index in [4.69, 9.17) is 4.74 Å². The van der Waals surface area contributed by atoms with Crippen LogP contribution in [-0.4, -0.2) is 19.1 Å². The van der Waals surface area contributed by atoms with Gasteiger partial charge in [-0.1, -0.05) is 76.6 Å². The molecule has 0 aliphatic heterocycles. The fourth-order valence-corrected chi connectivity index (χ4v) is 3.44. The summed E-state index contributed by atoms with van der Waals surface area (Å²) in [6.45, 7) is 0. The lowest BCUT2D eigenvalue weighted by Crippen LogP contribution is -2.32. The van der Waals surface area contributed by atoms with Crippen LogP contribution < -0.4 is 5.32 Å². The normalized spacial score (nSPS) is 11.8. The smallest absolute Gasteiger partial charge is 0.328 e. The van der Waals surface area contributed by atoms with E-state index in [1.165, 1.54) is 18.2 Å². The topological polar surface area (TPSA) is 38.3 Å². The van der Waals surface area contributed by atoms with Crippen LogP contribution in [0.2, 0.25) is 0 Å². The number of hydrogen-bond acceptors (Lipinski definition) is 3. The van der Waals surface area contributed by atoms with Crippen molar-refractivity contribution >= 4 is 27.6 Å². The Kier molecular flexibility index (Phi) is 6.66. The molecule has 0 saturated carbocycles. The summed E-state index contributed by atoms with van der Waals surface area (Å²) in [6.07, 6.45) is 0.594. The average molecular weight is 424 g/mol. The summed E-state index contributed by atoms with van der Waals surface area (Å²) >= 11 is 3.44. The molecule has 0 saturated heterocycles. The number of esters is 1. The summed E-state index contributed by atoms with van der Waals surface area (Å²) < 4.78 is 6.06. The second-order valence-electron chi connectivity index (χ2n) is 6.34. The molecule has 0 fully saturated rings. The van der Waals surface area contributed by atoms with Gasteiger partial charge >= 0.3 is 5.97 Å². The summed E-state index contributed by atoms with van der Waals surface area (Å²) in [7, 11) is 1.43. The number of halogens is 1. The van der Waals surface area contributed by atoms with E-state index < -0.39 is 6.04 Å². The molecule has 0 aromatic heterocycles. The van der Waals surface area contributed by atoms with Crippen LogP contribution in [0.1, 0.15) is 23.5 Å². The van der Waals surface area contributed by atoms with Gasteiger partial charge in [-0.15, -0.1) is 0 Å². The Morgan fingerprint density at radius 1 is 0.889 bits per heavy atom. The summed E-state index contributed by atoms with van der Waals surface area (Å²) in [5.41, 5.74) is 3.24. The zero-order valence-electron chi connectivity index (χ0n) is 15.1. The standard InChI is InChI=1S/C23H22BrNO2/c1-27-23(26)22(25-20-14-12-19(24)13-15-20)16-21(17-8-4-2-5-9-17)18-10-6-3-7-11-18/h2-15,21-22,25H,16H2,1H3. The predicted octanol–water partition coefficient (Wildman–Crippen LogP) is 5.62. The highest BCUT2D eigenvalue weighted by Gasteiger charge is 2.26. The fourth-order valence-electron chi connectivity index (χ4n) is 3.17. The average Bonchev–Trinajstić information content (AvgIpc) is 2.73. The maximum atomic E-state index is 12.5. The first-order valence-electron chi connectivity index (χ1n) is 8.87. The van der Waals surface area contributed by atoms with E-state index in [0.29, 0.717) is 6.42 Å². The van der Waals surface area contributed by atoms with Gasteiger partial charge in [0.2, 0.25) is 0 Å². The highest BCUT2D eigenvalue weighted by molar-refractivity contribution is 9.10. The molecular formula is C23H22BrNO2. The lowest BCUT2D eigenvalue weighted by Gasteiger charge is -2.24. The van der Waals surface area contributed by atoms with Gasteiger partial charge in [-0.05, 0) is 41.8 Å². The molecule has 0 aliphatic carbocycles. The molecule has 0 amide bonds. The number of benzene rings is 3. The van der Waals surface area contributed by atoms with Crippen LogP contribution in [0.25, 0.3) is 0 Å². The highest BCUT2D eigenvalue weighted by Crippen LogP contribution is 2.30. The third-order valence-corrected chi connectivity index (χ3v) is 5.07. The third kappa shape index (κ3) is 5.20. The van der Waals surface area contributed by atoms with Gasteiger partial charge in [0.25, 0.3) is 0 Å². The molecule has 0 aliphatic rings. The van der Waals surface area contributed by atoms with Crippen molar-refractivity contribution in [2.75, 3.05) is 12.4 Å². The molecule has 0 heterocycles. The van der Waals surface area contributed by atoms with Gasteiger partial charge in [0.05, 0.1) is 7.11 Å². The van der Waals surface area contributed by atoms with Crippen molar-refractivity contribution in [3.05, 3.63) is 101 Å². The van der Waals surface area contributed by atoms with Gasteiger partial charge in [0.1, 0.15) is 6.04 Å². The number of nitrogens with one attached hydrogen (secondary N) is 1. The van der Waals surface area contributed by atoms with Crippen LogP contribution in [0.15, 0.2) is 89.4 Å². The van der Waals surface area contributed by atoms with Crippen molar-refractivity contribution in [1.82, 2.24) is 0 Å². The Balaban J connectivity index is 1.90. The van der Waals surface area contributed by atoms with Crippen molar-refractivity contribution < 1.29 is 9.53 Å². The van der Waals surface area contributed by atoms with Gasteiger partial charge < -0.3 is 10.1 Å². The molecule has 4 heteroatoms. The van der Waals surface area contributed by atoms with Gasteiger partial charge in [-0.2, -0.15) is 0 Å². The number of rotatable bonds is 7. The molecule has 138 valence electrons. The summed E-state index contributed by atoms with van der Waals surface area (Å²) in [4.78, 5) is 12.5. The van der Waals surface area contributed by atoms with Gasteiger partial charge in [-0.25, -0.2) is 4.79 Å². The quantitative estimate of drug-likeness (QED) is 0.500. The maximum Gasteiger partial charge on any atom is 0.328 e. The second-order valence-corrected chi connectivity index (χ2v) is 7.25. The Hall–Kier alpha value is -2.59. The molecular weight excluding hydrogens is 402 g/mol. The van der Waals surface area contributed by atoms with Crippen molar-refractivity contribution in [3.63, 3.8) is 0 Å². The van der Waals surface area contributed by atoms with Crippen LogP contribution >= 0.6 is 15.9 Å². The van der Waals surface area contributed by atoms with E-state index in [9.17, 15) is 4.79 Å². The zero-order chi connectivity index (χ0) is 19.1. The molecule has 3 nitrogen and oxygen atoms in total. The van der Waals surface area contributed by atoms with Crippen LogP contribution in [0.5, 0.6) is 0 Å². The molecule has 3 aromatic rings. The lowest BCUT2D eigenvalue weighted by atomic mass is 9.86. The van der Waals surface area contributed by atoms with Crippen LogP contribution in [-0.2, 0) is 9.53 Å². The minimum absolute atomic E-state index is 0.0828. The zero-order valence-corrected chi connectivity index (χ0v) is 16.7. The van der Waals surface area contributed by atoms with E-state index in [2.05, 4.69) is 45.5 Å². The Morgan fingerprint density at radius 3 is 1.89 bits per heavy atom. The number of carbonyl (C=O) groups is 1. The SMILES string of the molecule is COC(=O)C(CC(c1ccccc1)c1ccccc1)Nc1ccc(Br)cc1. The molecule has 0 radical (unpaired) electrons. The summed E-state index contributed by atoms with van der Waals surface area (Å²) in [5.74, 6) is -0.186. The number of hydrogen-bond donors (Lipinski definition) is 1. The third-order valence-electron chi connectivity index (χ3n) is 4.55. The van der Waals surface area contributed by atoms with Gasteiger partial charge in [0, 0.05) is 16.1 Å². The van der Waals surface area contributed by atoms with Gasteiger partial charge in [-0.3, -0.25) is 0 Å². The number of anilines is 1. The van der Waals surface area contributed by atoms with Gasteiger partial charge in [0.15, 0.2) is 0 Å². The van der Waals surface area contributed by atoms with E-state index in [0.717, 1.165) is 10.2 Å². The highest BCUT2D eigenvalue weighted by atomic mass is 79.9. The molecule has 0 bridgehead atoms. The number of carbonyl (C=O) groups excluding carboxylic acids is 1. The van der Waals surface area contributed by atoms with Crippen LogP contribution in [0.3, 0.4) is 0 Å². The largest absolute Gasteiger partial charge is 0.467 e. The van der Waals surface area contributed by atoms with Crippen molar-refractivity contribution in [2.45, 2.75) is 18.4 Å². The first-order valence-corrected chi connectivity index (χ1v) is 9.66. The molecule has 0 spiro atoms. The molecule has 1 atom stereocenters. The second kappa shape index (κ2) is 9.38. The maximum absolute atomic E-state index is 12.5. The van der Waals surface area contributed by atoms with E-state index in [-0.39, 0.29) is 11.9 Å². The van der Waals surface area contributed by atoms with Crippen molar-refractivity contribution in [1.29, 1.82) is 0 Å². The fraction of sp³-hybridized carbons (Fsp3) is 0.174. The summed E-state index contributed by atoms with van der Waals surface area (Å²) in [6, 6.07) is 27.9. The molecule has 1 unspecified atom stereocenters. The van der Waals surface area contributed by atoms with E-state index >= 15 is 0 Å². The van der Waals surface area contributed by atoms with Crippen molar-refractivity contribution in [2.24, 2.45) is 0 Å². The molecule has 3 aromatic carbocycles. The van der Waals surface area contributed by atoms with Crippen LogP contribution in [0, 0.1) is 0 Å². The van der Waals surface area contributed by atoms with Crippen molar-refractivity contribution in [3.8, 4) is 0 Å². The summed E-state index contributed by atoms with van der Waals surface area (Å²) in [5, 5.41) is 3.33. The van der Waals surface area contributed by atoms with E-state index in [1.807, 2.05) is 60.7 Å². The minimum Gasteiger partial charge on any atom is -0.467 e. The first kappa shape index (κ1) is 19.2. The lowest BCUT2D eigenvalue weighted by molar-refractivity contribution is -0.141. The predicted molar refractivity (Wildman–Crippen MR) is 113 cm³/mol. The monoisotopic (exact) mass is 423 g/mol. The van der Waals surface area contributed by atoms with Crippen LogP contribution in [0.4, 0.5) is 5.69 Å². The number of methoxy groups -OCH3 is 1. The molecule has 27 heavy (non-hydrogen) atoms. The Bertz CT molecular complexity index is 811. The molecule has 3 rings (SSSR count). The Morgan fingerprint density at radius 2 is 1.41 bits per heavy atom. The first-order chi connectivity index (χ1) is 13.2. The minimum atomic E-state index is -0.457. The van der Waals surface area contributed by atoms with E-state index in [1.54, 1.807) is 0 Å².